The monoisotopic (exact) mass is 776 g/mol. The average Bonchev–Trinajstić information content (AvgIpc) is 4.00. The van der Waals surface area contributed by atoms with Gasteiger partial charge in [-0.3, -0.25) is 0 Å². The Morgan fingerprint density at radius 2 is 0.963 bits per heavy atom. The van der Waals surface area contributed by atoms with E-state index in [1.165, 1.54) is 30.9 Å². The molecule has 2 aromatic heterocycles. The average molecular weight is 777 g/mol. The van der Waals surface area contributed by atoms with Gasteiger partial charge in [0.15, 0.2) is 0 Å². The number of fused-ring (bicyclic) bond motifs is 6. The summed E-state index contributed by atoms with van der Waals surface area (Å²) >= 11 is 0. The lowest BCUT2D eigenvalue weighted by atomic mass is 9.73. The molecule has 4 aromatic rings. The molecule has 4 fully saturated rings. The van der Waals surface area contributed by atoms with Crippen molar-refractivity contribution < 1.29 is 27.0 Å². The summed E-state index contributed by atoms with van der Waals surface area (Å²) < 4.78 is 53.5. The molecule has 16 heteroatoms. The quantitative estimate of drug-likeness (QED) is 0.242. The Morgan fingerprint density at radius 1 is 0.593 bits per heavy atom. The lowest BCUT2D eigenvalue weighted by Crippen LogP contribution is -2.49. The van der Waals surface area contributed by atoms with Crippen LogP contribution in [-0.2, 0) is 20.4 Å². The summed E-state index contributed by atoms with van der Waals surface area (Å²) in [5, 5.41) is 33.3. The zero-order valence-electron chi connectivity index (χ0n) is 30.1. The number of aliphatic hydroxyl groups is 2. The second-order valence-corrected chi connectivity index (χ2v) is 19.4. The van der Waals surface area contributed by atoms with Crippen LogP contribution in [-0.4, -0.2) is 93.1 Å². The fraction of sp³-hybridized carbons (Fsp3) is 0.526. The normalized spacial score (nSPS) is 29.8. The molecule has 54 heavy (non-hydrogen) atoms. The fourth-order valence-electron chi connectivity index (χ4n) is 11.2. The number of rotatable bonds is 4. The van der Waals surface area contributed by atoms with Crippen LogP contribution in [0.15, 0.2) is 73.6 Å². The van der Waals surface area contributed by atoms with Crippen molar-refractivity contribution in [1.82, 2.24) is 27.7 Å². The maximum atomic E-state index is 11.6. The minimum Gasteiger partial charge on any atom is -0.392 e. The van der Waals surface area contributed by atoms with Crippen molar-refractivity contribution in [1.29, 1.82) is 0 Å². The van der Waals surface area contributed by atoms with E-state index in [2.05, 4.69) is 43.4 Å². The molecule has 6 N–H and O–H groups in total. The van der Waals surface area contributed by atoms with Crippen LogP contribution in [0, 0.1) is 22.7 Å². The second kappa shape index (κ2) is 13.0. The van der Waals surface area contributed by atoms with E-state index in [9.17, 15) is 27.0 Å². The van der Waals surface area contributed by atoms with Gasteiger partial charge in [-0.2, -0.15) is 25.4 Å². The van der Waals surface area contributed by atoms with E-state index in [4.69, 9.17) is 10.3 Å². The molecule has 0 unspecified atom stereocenters. The van der Waals surface area contributed by atoms with Gasteiger partial charge in [-0.15, -0.1) is 0 Å². The SMILES string of the molecule is NS(=O)(=O)N1CCC2(CC[C@@H]([C@@H]3c4ccccc4-c4cncn43)[C@@H]2O)CC1.NS(=O)(=O)N1CCC2(CC[C@H]([C@H]3c4ccccc4-c4cncn43)[C@H]2O)CC1. The number of hydrogen-bond donors (Lipinski definition) is 4. The van der Waals surface area contributed by atoms with Crippen LogP contribution in [0.1, 0.15) is 74.6 Å². The van der Waals surface area contributed by atoms with Crippen LogP contribution in [0.2, 0.25) is 0 Å². The highest BCUT2D eigenvalue weighted by atomic mass is 32.2. The molecule has 2 spiro atoms. The fourth-order valence-corrected chi connectivity index (χ4v) is 12.6. The Bertz CT molecular complexity index is 2120. The zero-order chi connectivity index (χ0) is 37.6. The summed E-state index contributed by atoms with van der Waals surface area (Å²) in [7, 11) is -7.30. The maximum Gasteiger partial charge on any atom is 0.276 e. The molecule has 6 aliphatic rings. The van der Waals surface area contributed by atoms with Gasteiger partial charge in [0.05, 0.1) is 60.7 Å². The van der Waals surface area contributed by atoms with Crippen LogP contribution < -0.4 is 10.3 Å². The summed E-state index contributed by atoms with van der Waals surface area (Å²) in [5.74, 6) is 0.199. The predicted molar refractivity (Wildman–Crippen MR) is 202 cm³/mol. The summed E-state index contributed by atoms with van der Waals surface area (Å²) in [5.41, 5.74) is 6.65. The molecule has 2 aliphatic carbocycles. The first-order valence-electron chi connectivity index (χ1n) is 19.0. The van der Waals surface area contributed by atoms with E-state index in [0.717, 1.165) is 37.1 Å². The first kappa shape index (κ1) is 36.2. The summed E-state index contributed by atoms with van der Waals surface area (Å²) in [6.45, 7) is 1.56. The topological polar surface area (TPSA) is 203 Å². The molecular formula is C38H48N8O6S2. The molecule has 2 saturated carbocycles. The van der Waals surface area contributed by atoms with Crippen molar-refractivity contribution in [2.75, 3.05) is 26.2 Å². The molecule has 288 valence electrons. The molecule has 6 atom stereocenters. The van der Waals surface area contributed by atoms with Crippen molar-refractivity contribution in [3.8, 4) is 22.5 Å². The molecule has 2 aromatic carbocycles. The van der Waals surface area contributed by atoms with Crippen LogP contribution in [0.4, 0.5) is 0 Å². The van der Waals surface area contributed by atoms with Gasteiger partial charge in [0, 0.05) is 49.1 Å². The number of nitrogens with zero attached hydrogens (tertiary/aromatic N) is 6. The van der Waals surface area contributed by atoms with Crippen LogP contribution in [0.3, 0.4) is 0 Å². The minimum atomic E-state index is -3.65. The number of aromatic nitrogens is 4. The lowest BCUT2D eigenvalue weighted by Gasteiger charge is -2.41. The van der Waals surface area contributed by atoms with Crippen molar-refractivity contribution in [2.24, 2.45) is 32.9 Å². The van der Waals surface area contributed by atoms with Crippen LogP contribution >= 0.6 is 0 Å². The van der Waals surface area contributed by atoms with E-state index in [1.54, 1.807) is 0 Å². The molecule has 0 bridgehead atoms. The number of nitrogens with two attached hydrogens (primary N) is 2. The Morgan fingerprint density at radius 3 is 1.33 bits per heavy atom. The highest BCUT2D eigenvalue weighted by molar-refractivity contribution is 7.87. The molecular weight excluding hydrogens is 729 g/mol. The summed E-state index contributed by atoms with van der Waals surface area (Å²) in [4.78, 5) is 8.65. The number of aliphatic hydroxyl groups excluding tert-OH is 2. The summed E-state index contributed by atoms with van der Waals surface area (Å²) in [6.07, 6.45) is 12.9. The van der Waals surface area contributed by atoms with Gasteiger partial charge in [0.1, 0.15) is 0 Å². The molecule has 2 saturated heterocycles. The van der Waals surface area contributed by atoms with E-state index in [1.807, 2.05) is 49.3 Å². The largest absolute Gasteiger partial charge is 0.392 e. The molecule has 6 heterocycles. The number of piperidine rings is 2. The Kier molecular flexibility index (Phi) is 8.74. The second-order valence-electron chi connectivity index (χ2n) is 16.3. The van der Waals surface area contributed by atoms with Gasteiger partial charge in [0.25, 0.3) is 20.4 Å². The summed E-state index contributed by atoms with van der Waals surface area (Å²) in [6, 6.07) is 16.9. The molecule has 0 amide bonds. The highest BCUT2D eigenvalue weighted by Crippen LogP contribution is 2.57. The Hall–Kier alpha value is -3.48. The maximum absolute atomic E-state index is 11.6. The molecule has 10 rings (SSSR count). The first-order valence-corrected chi connectivity index (χ1v) is 22.0. The van der Waals surface area contributed by atoms with Gasteiger partial charge in [0.2, 0.25) is 0 Å². The van der Waals surface area contributed by atoms with Gasteiger partial charge < -0.3 is 19.3 Å². The number of benzene rings is 2. The standard InChI is InChI=1S/2C19H24N4O3S/c2*20-27(25,26)22-9-7-19(8-10-22)6-5-15(18(19)24)17-14-4-2-1-3-13(14)16-11-21-12-23(16)17/h2*1-4,11-12,15,17-18,24H,5-10H2,(H2,20,25,26)/t2*15-,17-,18-/m10/s1. The third kappa shape index (κ3) is 5.71. The molecule has 14 nitrogen and oxygen atoms in total. The Balaban J connectivity index is 0.000000142. The Labute approximate surface area is 316 Å². The van der Waals surface area contributed by atoms with Gasteiger partial charge >= 0.3 is 0 Å². The van der Waals surface area contributed by atoms with E-state index >= 15 is 0 Å². The number of imidazole rings is 2. The predicted octanol–water partition coefficient (Wildman–Crippen LogP) is 3.02. The van der Waals surface area contributed by atoms with Crippen molar-refractivity contribution in [3.05, 3.63) is 84.7 Å². The van der Waals surface area contributed by atoms with E-state index in [0.29, 0.717) is 51.9 Å². The van der Waals surface area contributed by atoms with E-state index in [-0.39, 0.29) is 34.7 Å². The third-order valence-electron chi connectivity index (χ3n) is 14.0. The molecule has 4 aliphatic heterocycles. The lowest BCUT2D eigenvalue weighted by molar-refractivity contribution is -0.0146. The van der Waals surface area contributed by atoms with Crippen molar-refractivity contribution in [3.63, 3.8) is 0 Å². The van der Waals surface area contributed by atoms with Crippen LogP contribution in [0.5, 0.6) is 0 Å². The highest BCUT2D eigenvalue weighted by Gasteiger charge is 2.55. The van der Waals surface area contributed by atoms with E-state index < -0.39 is 32.6 Å². The number of hydrogen-bond acceptors (Lipinski definition) is 8. The van der Waals surface area contributed by atoms with Crippen LogP contribution in [0.25, 0.3) is 22.5 Å². The minimum absolute atomic E-state index is 0.0874. The van der Waals surface area contributed by atoms with Crippen molar-refractivity contribution >= 4 is 20.4 Å². The molecule has 0 radical (unpaired) electrons. The van der Waals surface area contributed by atoms with Gasteiger partial charge in [-0.1, -0.05) is 48.5 Å². The van der Waals surface area contributed by atoms with Gasteiger partial charge in [-0.05, 0) is 73.3 Å². The smallest absolute Gasteiger partial charge is 0.276 e. The first-order chi connectivity index (χ1) is 25.8. The van der Waals surface area contributed by atoms with Crippen molar-refractivity contribution in [2.45, 2.75) is 75.7 Å². The third-order valence-corrected chi connectivity index (χ3v) is 16.2. The van der Waals surface area contributed by atoms with Gasteiger partial charge in [-0.25, -0.2) is 20.2 Å². The zero-order valence-corrected chi connectivity index (χ0v) is 31.7.